The summed E-state index contributed by atoms with van der Waals surface area (Å²) in [4.78, 5) is 29.9. The van der Waals surface area contributed by atoms with Crippen LogP contribution in [0.5, 0.6) is 0 Å². The Bertz CT molecular complexity index is 885. The highest BCUT2D eigenvalue weighted by Crippen LogP contribution is 2.38. The molecule has 2 N–H and O–H groups in total. The van der Waals surface area contributed by atoms with E-state index in [9.17, 15) is 9.59 Å². The van der Waals surface area contributed by atoms with Crippen molar-refractivity contribution in [2.75, 3.05) is 26.3 Å². The predicted octanol–water partition coefficient (Wildman–Crippen LogP) is 5.54. The lowest BCUT2D eigenvalue weighted by Crippen LogP contribution is -2.56. The minimum absolute atomic E-state index is 0.0283. The molecule has 2 heterocycles. The quantitative estimate of drug-likeness (QED) is 0.510. The van der Waals surface area contributed by atoms with Gasteiger partial charge in [-0.2, -0.15) is 0 Å². The molecule has 0 bridgehead atoms. The molecule has 2 aliphatic rings. The maximum atomic E-state index is 14.0. The van der Waals surface area contributed by atoms with Crippen LogP contribution in [0.25, 0.3) is 0 Å². The van der Waals surface area contributed by atoms with Gasteiger partial charge in [0.2, 0.25) is 11.8 Å². The summed E-state index contributed by atoms with van der Waals surface area (Å²) in [5, 5.41) is 6.48. The molecular formula is C32H53N3O3. The van der Waals surface area contributed by atoms with E-state index in [1.54, 1.807) is 0 Å². The lowest BCUT2D eigenvalue weighted by molar-refractivity contribution is -0.139. The molecule has 3 rings (SSSR count). The molecule has 1 aromatic carbocycles. The van der Waals surface area contributed by atoms with E-state index in [-0.39, 0.29) is 17.9 Å². The number of piperidine rings is 1. The molecule has 1 aromatic rings. The Hall–Kier alpha value is -1.92. The second-order valence-electron chi connectivity index (χ2n) is 12.9. The van der Waals surface area contributed by atoms with Crippen LogP contribution >= 0.6 is 0 Å². The van der Waals surface area contributed by atoms with E-state index >= 15 is 0 Å². The van der Waals surface area contributed by atoms with Gasteiger partial charge < -0.3 is 15.4 Å². The van der Waals surface area contributed by atoms with Crippen molar-refractivity contribution in [2.24, 2.45) is 17.3 Å². The number of rotatable bonds is 6. The number of aryl methyl sites for hydroxylation is 2. The topological polar surface area (TPSA) is 70.7 Å². The summed E-state index contributed by atoms with van der Waals surface area (Å²) in [7, 11) is 0. The van der Waals surface area contributed by atoms with Crippen molar-refractivity contribution in [3.05, 3.63) is 34.9 Å². The third kappa shape index (κ3) is 9.37. The maximum Gasteiger partial charge on any atom is 0.242 e. The first-order valence-corrected chi connectivity index (χ1v) is 15.0. The molecule has 0 aromatic heterocycles. The zero-order valence-electron chi connectivity index (χ0n) is 24.9. The van der Waals surface area contributed by atoms with Crippen LogP contribution in [-0.4, -0.2) is 55.1 Å². The number of ether oxygens (including phenoxy) is 1. The van der Waals surface area contributed by atoms with Crippen LogP contribution in [0.15, 0.2) is 18.2 Å². The average molecular weight is 528 g/mol. The summed E-state index contributed by atoms with van der Waals surface area (Å²) in [5.74, 6) is 0.775. The van der Waals surface area contributed by atoms with Crippen molar-refractivity contribution in [1.29, 1.82) is 0 Å². The second kappa shape index (κ2) is 14.5. The monoisotopic (exact) mass is 527 g/mol. The van der Waals surface area contributed by atoms with E-state index in [0.717, 1.165) is 64.6 Å². The van der Waals surface area contributed by atoms with E-state index < -0.39 is 11.5 Å². The molecule has 2 aliphatic heterocycles. The number of amides is 2. The number of benzene rings is 1. The Kier molecular flexibility index (Phi) is 11.7. The zero-order valence-corrected chi connectivity index (χ0v) is 24.9. The molecule has 2 atom stereocenters. The van der Waals surface area contributed by atoms with Crippen molar-refractivity contribution in [3.63, 3.8) is 0 Å². The molecule has 2 saturated heterocycles. The van der Waals surface area contributed by atoms with Crippen LogP contribution in [0.2, 0.25) is 0 Å². The second-order valence-corrected chi connectivity index (χ2v) is 12.9. The fourth-order valence-corrected chi connectivity index (χ4v) is 6.27. The van der Waals surface area contributed by atoms with E-state index in [4.69, 9.17) is 4.74 Å². The Morgan fingerprint density at radius 1 is 0.895 bits per heavy atom. The highest BCUT2D eigenvalue weighted by Gasteiger charge is 2.42. The van der Waals surface area contributed by atoms with Gasteiger partial charge in [-0.1, -0.05) is 69.9 Å². The molecule has 6 heteroatoms. The van der Waals surface area contributed by atoms with Crippen LogP contribution in [-0.2, 0) is 20.9 Å². The van der Waals surface area contributed by atoms with Crippen LogP contribution < -0.4 is 10.6 Å². The first-order valence-electron chi connectivity index (χ1n) is 15.0. The van der Waals surface area contributed by atoms with Gasteiger partial charge in [0.25, 0.3) is 0 Å². The number of carbonyl (C=O) groups is 2. The maximum absolute atomic E-state index is 14.0. The van der Waals surface area contributed by atoms with Gasteiger partial charge in [0.1, 0.15) is 6.04 Å². The molecule has 0 radical (unpaired) electrons. The SMILES string of the molecule is Cc1cc(C)cc(CN2CCC3(CCCCCOC[C@H](CC(C)C)NC(=O)[C@H](CC(C)C)NC3=O)CC2)c1. The molecule has 2 fully saturated rings. The molecule has 38 heavy (non-hydrogen) atoms. The molecule has 2 amide bonds. The zero-order chi connectivity index (χ0) is 27.7. The van der Waals surface area contributed by atoms with E-state index in [2.05, 4.69) is 75.3 Å². The number of hydrogen-bond donors (Lipinski definition) is 2. The van der Waals surface area contributed by atoms with Crippen LogP contribution in [0.1, 0.15) is 95.8 Å². The molecule has 1 spiro atoms. The first kappa shape index (κ1) is 30.6. The Morgan fingerprint density at radius 2 is 1.55 bits per heavy atom. The van der Waals surface area contributed by atoms with Crippen molar-refractivity contribution in [1.82, 2.24) is 15.5 Å². The van der Waals surface area contributed by atoms with Crippen molar-refractivity contribution in [3.8, 4) is 0 Å². The summed E-state index contributed by atoms with van der Waals surface area (Å²) < 4.78 is 5.99. The van der Waals surface area contributed by atoms with Gasteiger partial charge in [-0.15, -0.1) is 0 Å². The van der Waals surface area contributed by atoms with E-state index in [1.165, 1.54) is 16.7 Å². The lowest BCUT2D eigenvalue weighted by Gasteiger charge is -2.42. The average Bonchev–Trinajstić information content (AvgIpc) is 2.82. The van der Waals surface area contributed by atoms with Gasteiger partial charge in [0.05, 0.1) is 18.1 Å². The van der Waals surface area contributed by atoms with Gasteiger partial charge in [-0.25, -0.2) is 0 Å². The summed E-state index contributed by atoms with van der Waals surface area (Å²) in [6.45, 7) is 16.8. The fraction of sp³-hybridized carbons (Fsp3) is 0.750. The summed E-state index contributed by atoms with van der Waals surface area (Å²) in [5.41, 5.74) is 3.54. The minimum atomic E-state index is -0.509. The van der Waals surface area contributed by atoms with E-state index in [0.29, 0.717) is 31.5 Å². The number of carbonyl (C=O) groups excluding carboxylic acids is 2. The standard InChI is InChI=1S/C32H53N3O3/c1-23(2)16-28-22-38-15-9-7-8-10-32(31(37)34-29(17-24(3)4)30(36)33-28)11-13-35(14-12-32)21-27-19-25(5)18-26(6)20-27/h18-20,23-24,28-29H,7-17,21-22H2,1-6H3,(H,33,36)(H,34,37)/t28-,29-/m0/s1. The van der Waals surface area contributed by atoms with Gasteiger partial charge in [0, 0.05) is 13.2 Å². The van der Waals surface area contributed by atoms with E-state index in [1.807, 2.05) is 0 Å². The molecule has 214 valence electrons. The van der Waals surface area contributed by atoms with Gasteiger partial charge >= 0.3 is 0 Å². The third-order valence-electron chi connectivity index (χ3n) is 8.18. The Balaban J connectivity index is 1.74. The van der Waals surface area contributed by atoms with Gasteiger partial charge in [-0.05, 0) is 82.9 Å². The third-order valence-corrected chi connectivity index (χ3v) is 8.18. The summed E-state index contributed by atoms with van der Waals surface area (Å²) >= 11 is 0. The molecule has 0 saturated carbocycles. The Morgan fingerprint density at radius 3 is 2.18 bits per heavy atom. The largest absolute Gasteiger partial charge is 0.379 e. The number of nitrogens with zero attached hydrogens (tertiary/aromatic N) is 1. The lowest BCUT2D eigenvalue weighted by atomic mass is 9.73. The summed E-state index contributed by atoms with van der Waals surface area (Å²) in [6, 6.07) is 6.23. The molecule has 6 nitrogen and oxygen atoms in total. The highest BCUT2D eigenvalue weighted by atomic mass is 16.5. The number of likely N-dealkylation sites (tertiary alicyclic amines) is 1. The van der Waals surface area contributed by atoms with Crippen molar-refractivity contribution < 1.29 is 14.3 Å². The van der Waals surface area contributed by atoms with Crippen LogP contribution in [0, 0.1) is 31.1 Å². The first-order chi connectivity index (χ1) is 18.1. The number of hydrogen-bond acceptors (Lipinski definition) is 4. The molecular weight excluding hydrogens is 474 g/mol. The summed E-state index contributed by atoms with van der Waals surface area (Å²) in [6.07, 6.45) is 7.15. The highest BCUT2D eigenvalue weighted by molar-refractivity contribution is 5.90. The van der Waals surface area contributed by atoms with Crippen molar-refractivity contribution in [2.45, 2.75) is 112 Å². The smallest absolute Gasteiger partial charge is 0.242 e. The molecule has 0 aliphatic carbocycles. The fourth-order valence-electron chi connectivity index (χ4n) is 6.27. The van der Waals surface area contributed by atoms with Crippen molar-refractivity contribution >= 4 is 11.8 Å². The molecule has 0 unspecified atom stereocenters. The van der Waals surface area contributed by atoms with Gasteiger partial charge in [0.15, 0.2) is 0 Å². The predicted molar refractivity (Wildman–Crippen MR) is 155 cm³/mol. The van der Waals surface area contributed by atoms with Crippen LogP contribution in [0.3, 0.4) is 0 Å². The normalized spacial score (nSPS) is 24.3. The van der Waals surface area contributed by atoms with Crippen LogP contribution in [0.4, 0.5) is 0 Å². The minimum Gasteiger partial charge on any atom is -0.379 e. The Labute approximate surface area is 231 Å². The number of nitrogens with one attached hydrogen (secondary N) is 2. The van der Waals surface area contributed by atoms with Gasteiger partial charge in [-0.3, -0.25) is 14.5 Å².